The van der Waals surface area contributed by atoms with E-state index in [0.29, 0.717) is 19.1 Å². The third kappa shape index (κ3) is 4.41. The fraction of sp³-hybridized carbons (Fsp3) is 0.889. The minimum Gasteiger partial charge on any atom is -0.321 e. The van der Waals surface area contributed by atoms with Gasteiger partial charge in [0.1, 0.15) is 0 Å². The van der Waals surface area contributed by atoms with E-state index in [4.69, 9.17) is 33.1 Å². The summed E-state index contributed by atoms with van der Waals surface area (Å²) in [4.78, 5) is 0. The molecule has 1 rings (SSSR count). The summed E-state index contributed by atoms with van der Waals surface area (Å²) in [7, 11) is 0. The van der Waals surface area contributed by atoms with Crippen molar-refractivity contribution in [1.82, 2.24) is 0 Å². The zero-order valence-corrected chi connectivity index (χ0v) is 12.8. The van der Waals surface area contributed by atoms with Gasteiger partial charge in [-0.15, -0.1) is 0 Å². The molecule has 0 aromatic rings. The van der Waals surface area contributed by atoms with Crippen LogP contribution in [0.4, 0.5) is 0 Å². The van der Waals surface area contributed by atoms with Crippen LogP contribution in [0.5, 0.6) is 0 Å². The molecule has 1 aliphatic rings. The Hall–Kier alpha value is 1.01. The Morgan fingerprint density at radius 3 is 2.20 bits per heavy atom. The summed E-state index contributed by atoms with van der Waals surface area (Å²) in [5, 5.41) is 0. The van der Waals surface area contributed by atoms with Crippen molar-refractivity contribution in [2.45, 2.75) is 27.7 Å². The van der Waals surface area contributed by atoms with Gasteiger partial charge in [0.05, 0.1) is 17.4 Å². The van der Waals surface area contributed by atoms with Crippen molar-refractivity contribution in [1.29, 1.82) is 0 Å². The van der Waals surface area contributed by atoms with E-state index in [2.05, 4.69) is 27.7 Å². The lowest BCUT2D eigenvalue weighted by molar-refractivity contribution is 0.0673. The molecule has 0 aliphatic carbocycles. The lowest BCUT2D eigenvalue weighted by Gasteiger charge is -2.35. The van der Waals surface area contributed by atoms with Crippen molar-refractivity contribution in [2.75, 3.05) is 13.2 Å². The first-order valence-electron chi connectivity index (χ1n) is 4.87. The van der Waals surface area contributed by atoms with Crippen LogP contribution in [0.1, 0.15) is 27.7 Å². The molecule has 1 aliphatic heterocycles. The van der Waals surface area contributed by atoms with Gasteiger partial charge < -0.3 is 9.05 Å². The summed E-state index contributed by atoms with van der Waals surface area (Å²) in [5.74, 6) is 0.340. The van der Waals surface area contributed by atoms with Gasteiger partial charge in [0.15, 0.2) is 0 Å². The van der Waals surface area contributed by atoms with Gasteiger partial charge in [-0.05, 0) is 29.1 Å². The summed E-state index contributed by atoms with van der Waals surface area (Å²) < 4.78 is 12.2. The molecule has 0 bridgehead atoms. The van der Waals surface area contributed by atoms with Crippen molar-refractivity contribution in [3.05, 3.63) is 0 Å². The second kappa shape index (κ2) is 5.11. The number of hydrogen-bond acceptors (Lipinski definition) is 5. The first-order chi connectivity index (χ1) is 6.74. The Labute approximate surface area is 106 Å². The molecule has 6 heteroatoms. The first-order valence-corrected chi connectivity index (χ1v) is 9.33. The van der Waals surface area contributed by atoms with Crippen molar-refractivity contribution >= 4 is 45.3 Å². The van der Waals surface area contributed by atoms with Gasteiger partial charge in [-0.25, -0.2) is 0 Å². The highest BCUT2D eigenvalue weighted by Gasteiger charge is 2.34. The zero-order valence-electron chi connectivity index (χ0n) is 9.48. The third-order valence-electron chi connectivity index (χ3n) is 1.90. The van der Waals surface area contributed by atoms with E-state index in [1.807, 2.05) is 0 Å². The van der Waals surface area contributed by atoms with Crippen molar-refractivity contribution in [2.24, 2.45) is 11.3 Å². The van der Waals surface area contributed by atoms with Crippen molar-refractivity contribution in [3.8, 4) is 0 Å². The standard InChI is InChI=1S/C9H17O2PS3/c1-7(2)8(13)15-12(14)10-5-9(3,4)6-11-12/h7H,5-6H2,1-4H3. The zero-order chi connectivity index (χ0) is 11.7. The van der Waals surface area contributed by atoms with E-state index < -0.39 is 5.69 Å². The molecule has 1 saturated heterocycles. The predicted molar refractivity (Wildman–Crippen MR) is 75.0 cm³/mol. The average Bonchev–Trinajstić information content (AvgIpc) is 2.11. The van der Waals surface area contributed by atoms with Crippen molar-refractivity contribution in [3.63, 3.8) is 0 Å². The molecule has 15 heavy (non-hydrogen) atoms. The molecule has 0 aromatic carbocycles. The van der Waals surface area contributed by atoms with Crippen LogP contribution in [-0.4, -0.2) is 17.4 Å². The summed E-state index contributed by atoms with van der Waals surface area (Å²) in [5.41, 5.74) is -2.12. The van der Waals surface area contributed by atoms with Gasteiger partial charge in [-0.3, -0.25) is 0 Å². The van der Waals surface area contributed by atoms with Crippen LogP contribution in [0.25, 0.3) is 0 Å². The average molecular weight is 284 g/mol. The number of thiocarbonyl (C=S) groups is 1. The maximum absolute atomic E-state index is 5.68. The molecule has 0 saturated carbocycles. The molecule has 1 heterocycles. The quantitative estimate of drug-likeness (QED) is 0.562. The molecular formula is C9H17O2PS3. The van der Waals surface area contributed by atoms with E-state index in [0.717, 1.165) is 4.20 Å². The molecular weight excluding hydrogens is 267 g/mol. The second-order valence-electron chi connectivity index (χ2n) is 4.72. The van der Waals surface area contributed by atoms with Crippen LogP contribution in [0.2, 0.25) is 0 Å². The van der Waals surface area contributed by atoms with Gasteiger partial charge in [0, 0.05) is 5.41 Å². The minimum absolute atomic E-state index is 0.0717. The Morgan fingerprint density at radius 1 is 1.33 bits per heavy atom. The van der Waals surface area contributed by atoms with Crippen molar-refractivity contribution < 1.29 is 9.05 Å². The predicted octanol–water partition coefficient (Wildman–Crippen LogP) is 4.00. The summed E-state index contributed by atoms with van der Waals surface area (Å²) in [6, 6.07) is 0. The molecule has 1 fully saturated rings. The largest absolute Gasteiger partial charge is 0.321 e. The summed E-state index contributed by atoms with van der Waals surface area (Å²) in [6.07, 6.45) is 0. The lowest BCUT2D eigenvalue weighted by atomic mass is 9.97. The fourth-order valence-corrected chi connectivity index (χ4v) is 6.75. The molecule has 0 atom stereocenters. The van der Waals surface area contributed by atoms with Crippen LogP contribution >= 0.6 is 29.3 Å². The van der Waals surface area contributed by atoms with Crippen LogP contribution in [0.15, 0.2) is 0 Å². The molecule has 0 amide bonds. The fourth-order valence-electron chi connectivity index (χ4n) is 0.855. The van der Waals surface area contributed by atoms with E-state index in [9.17, 15) is 0 Å². The highest BCUT2D eigenvalue weighted by molar-refractivity contribution is 8.75. The highest BCUT2D eigenvalue weighted by atomic mass is 32.9. The number of hydrogen-bond donors (Lipinski definition) is 0. The Balaban J connectivity index is 2.56. The van der Waals surface area contributed by atoms with E-state index in [1.165, 1.54) is 11.4 Å². The topological polar surface area (TPSA) is 18.5 Å². The van der Waals surface area contributed by atoms with E-state index in [1.54, 1.807) is 0 Å². The third-order valence-corrected chi connectivity index (χ3v) is 7.95. The molecule has 0 unspecified atom stereocenters. The number of rotatable bonds is 2. The molecule has 2 nitrogen and oxygen atoms in total. The Kier molecular flexibility index (Phi) is 4.79. The molecule has 0 radical (unpaired) electrons. The lowest BCUT2D eigenvalue weighted by Crippen LogP contribution is -2.28. The smallest absolute Gasteiger partial charge is 0.252 e. The molecule has 88 valence electrons. The van der Waals surface area contributed by atoms with Gasteiger partial charge in [-0.1, -0.05) is 39.9 Å². The highest BCUT2D eigenvalue weighted by Crippen LogP contribution is 2.65. The van der Waals surface area contributed by atoms with Crippen LogP contribution in [0.3, 0.4) is 0 Å². The van der Waals surface area contributed by atoms with Gasteiger partial charge in [-0.2, -0.15) is 0 Å². The maximum atomic E-state index is 5.68. The van der Waals surface area contributed by atoms with Crippen LogP contribution in [-0.2, 0) is 20.9 Å². The second-order valence-corrected chi connectivity index (χ2v) is 11.6. The SMILES string of the molecule is CC(C)C(=S)SP1(=S)OCC(C)(C)CO1. The Morgan fingerprint density at radius 2 is 1.80 bits per heavy atom. The van der Waals surface area contributed by atoms with Gasteiger partial charge in [0.25, 0.3) is 5.69 Å². The maximum Gasteiger partial charge on any atom is 0.252 e. The Bertz CT molecular complexity index is 288. The first kappa shape index (κ1) is 14.1. The minimum atomic E-state index is -2.19. The van der Waals surface area contributed by atoms with E-state index in [-0.39, 0.29) is 5.41 Å². The molecule has 0 spiro atoms. The molecule has 0 aromatic heterocycles. The van der Waals surface area contributed by atoms with Crippen LogP contribution in [0, 0.1) is 11.3 Å². The van der Waals surface area contributed by atoms with E-state index >= 15 is 0 Å². The normalized spacial score (nSPS) is 24.1. The van der Waals surface area contributed by atoms with Crippen LogP contribution < -0.4 is 0 Å². The van der Waals surface area contributed by atoms with Gasteiger partial charge >= 0.3 is 0 Å². The molecule has 0 N–H and O–H groups in total. The van der Waals surface area contributed by atoms with Gasteiger partial charge in [0.2, 0.25) is 0 Å². The summed E-state index contributed by atoms with van der Waals surface area (Å²) in [6.45, 7) is 9.67. The summed E-state index contributed by atoms with van der Waals surface area (Å²) >= 11 is 12.1. The monoisotopic (exact) mass is 284 g/mol.